The monoisotopic (exact) mass is 248 g/mol. The van der Waals surface area contributed by atoms with Gasteiger partial charge in [-0.15, -0.1) is 0 Å². The largest absolute Gasteiger partial charge is 0.336 e. The van der Waals surface area contributed by atoms with Crippen molar-refractivity contribution in [3.63, 3.8) is 0 Å². The van der Waals surface area contributed by atoms with E-state index in [-0.39, 0.29) is 23.1 Å². The van der Waals surface area contributed by atoms with Gasteiger partial charge in [-0.25, -0.2) is 0 Å². The van der Waals surface area contributed by atoms with E-state index in [0.29, 0.717) is 0 Å². The maximum absolute atomic E-state index is 12.3. The van der Waals surface area contributed by atoms with Gasteiger partial charge in [0, 0.05) is 18.3 Å². The zero-order valence-electron chi connectivity index (χ0n) is 11.2. The van der Waals surface area contributed by atoms with Crippen LogP contribution in [0.2, 0.25) is 0 Å². The second-order valence-electron chi connectivity index (χ2n) is 5.02. The smallest absolute Gasteiger partial charge is 0.261 e. The Labute approximate surface area is 107 Å². The van der Waals surface area contributed by atoms with Crippen LogP contribution in [0.5, 0.6) is 0 Å². The third kappa shape index (κ3) is 2.19. The number of carbonyl (C=O) groups excluding carboxylic acids is 1. The maximum atomic E-state index is 12.3. The predicted molar refractivity (Wildman–Crippen MR) is 70.9 cm³/mol. The van der Waals surface area contributed by atoms with Crippen LogP contribution in [0.4, 0.5) is 0 Å². The van der Waals surface area contributed by atoms with E-state index in [1.807, 2.05) is 20.8 Å². The van der Waals surface area contributed by atoms with Gasteiger partial charge in [0.1, 0.15) is 5.56 Å². The summed E-state index contributed by atoms with van der Waals surface area (Å²) in [5, 5.41) is 0. The number of aryl methyl sites for hydroxylation is 2. The van der Waals surface area contributed by atoms with Crippen molar-refractivity contribution in [2.45, 2.75) is 46.1 Å². The summed E-state index contributed by atoms with van der Waals surface area (Å²) in [5.74, 6) is -0.132. The number of likely N-dealkylation sites (tertiary alicyclic amines) is 1. The van der Waals surface area contributed by atoms with Crippen LogP contribution in [-0.2, 0) is 6.42 Å². The molecule has 0 bridgehead atoms. The van der Waals surface area contributed by atoms with E-state index < -0.39 is 0 Å². The van der Waals surface area contributed by atoms with Crippen LogP contribution in [0.3, 0.4) is 0 Å². The molecule has 1 fully saturated rings. The van der Waals surface area contributed by atoms with Crippen molar-refractivity contribution in [1.29, 1.82) is 0 Å². The minimum atomic E-state index is -0.262. The molecule has 2 heterocycles. The number of amides is 1. The zero-order chi connectivity index (χ0) is 13.3. The topological polar surface area (TPSA) is 53.2 Å². The van der Waals surface area contributed by atoms with Crippen LogP contribution in [0.25, 0.3) is 0 Å². The zero-order valence-corrected chi connectivity index (χ0v) is 11.2. The highest BCUT2D eigenvalue weighted by Crippen LogP contribution is 2.18. The van der Waals surface area contributed by atoms with Crippen LogP contribution < -0.4 is 5.56 Å². The van der Waals surface area contributed by atoms with Gasteiger partial charge in [-0.05, 0) is 44.7 Å². The maximum Gasteiger partial charge on any atom is 0.261 e. The molecule has 4 nitrogen and oxygen atoms in total. The van der Waals surface area contributed by atoms with Gasteiger partial charge in [0.25, 0.3) is 11.5 Å². The van der Waals surface area contributed by atoms with Gasteiger partial charge < -0.3 is 9.88 Å². The second kappa shape index (κ2) is 4.96. The standard InChI is InChI=1S/C14H20N2O2/c1-4-12-9(2)8-11(13(17)15-12)14(18)16-7-5-6-10(16)3/h8,10H,4-7H2,1-3H3,(H,15,17)/t10-/m0/s1. The number of aromatic nitrogens is 1. The molecule has 1 aliphatic rings. The number of nitrogens with zero attached hydrogens (tertiary/aromatic N) is 1. The molecule has 2 rings (SSSR count). The molecule has 1 aliphatic heterocycles. The van der Waals surface area contributed by atoms with Crippen molar-refractivity contribution in [2.24, 2.45) is 0 Å². The normalized spacial score (nSPS) is 19.3. The first-order valence-corrected chi connectivity index (χ1v) is 6.58. The van der Waals surface area contributed by atoms with E-state index in [0.717, 1.165) is 37.1 Å². The quantitative estimate of drug-likeness (QED) is 0.868. The lowest BCUT2D eigenvalue weighted by Crippen LogP contribution is -2.37. The first-order chi connectivity index (χ1) is 8.54. The SMILES string of the molecule is CCc1[nH]c(=O)c(C(=O)N2CCC[C@@H]2C)cc1C. The molecular formula is C14H20N2O2. The third-order valence-electron chi connectivity index (χ3n) is 3.74. The van der Waals surface area contributed by atoms with Crippen LogP contribution in [-0.4, -0.2) is 28.4 Å². The Morgan fingerprint density at radius 3 is 2.83 bits per heavy atom. The van der Waals surface area contributed by atoms with Gasteiger partial charge in [-0.2, -0.15) is 0 Å². The molecule has 0 saturated carbocycles. The Kier molecular flexibility index (Phi) is 3.55. The van der Waals surface area contributed by atoms with Crippen LogP contribution in [0.15, 0.2) is 10.9 Å². The molecule has 0 aliphatic carbocycles. The minimum Gasteiger partial charge on any atom is -0.336 e. The van der Waals surface area contributed by atoms with E-state index >= 15 is 0 Å². The molecule has 98 valence electrons. The van der Waals surface area contributed by atoms with E-state index in [9.17, 15) is 9.59 Å². The van der Waals surface area contributed by atoms with Gasteiger partial charge in [0.05, 0.1) is 0 Å². The summed E-state index contributed by atoms with van der Waals surface area (Å²) < 4.78 is 0. The molecular weight excluding hydrogens is 228 g/mol. The number of hydrogen-bond acceptors (Lipinski definition) is 2. The number of H-pyrrole nitrogens is 1. The van der Waals surface area contributed by atoms with E-state index in [2.05, 4.69) is 4.98 Å². The summed E-state index contributed by atoms with van der Waals surface area (Å²) in [5.41, 5.74) is 1.90. The number of rotatable bonds is 2. The molecule has 1 N–H and O–H groups in total. The average Bonchev–Trinajstić information content (AvgIpc) is 2.77. The molecule has 4 heteroatoms. The highest BCUT2D eigenvalue weighted by atomic mass is 16.2. The van der Waals surface area contributed by atoms with E-state index in [1.54, 1.807) is 11.0 Å². The molecule has 0 unspecified atom stereocenters. The molecule has 0 spiro atoms. The van der Waals surface area contributed by atoms with Crippen molar-refractivity contribution in [3.8, 4) is 0 Å². The van der Waals surface area contributed by atoms with Crippen molar-refractivity contribution in [3.05, 3.63) is 33.2 Å². The highest BCUT2D eigenvalue weighted by molar-refractivity contribution is 5.94. The van der Waals surface area contributed by atoms with Crippen molar-refractivity contribution in [2.75, 3.05) is 6.54 Å². The Morgan fingerprint density at radius 2 is 2.28 bits per heavy atom. The molecule has 1 aromatic rings. The molecule has 0 radical (unpaired) electrons. The first kappa shape index (κ1) is 12.9. The number of aromatic amines is 1. The third-order valence-corrected chi connectivity index (χ3v) is 3.74. The Bertz CT molecular complexity index is 519. The molecule has 1 aromatic heterocycles. The summed E-state index contributed by atoms with van der Waals surface area (Å²) in [4.78, 5) is 28.9. The van der Waals surface area contributed by atoms with Gasteiger partial charge in [0.15, 0.2) is 0 Å². The molecule has 0 aromatic carbocycles. The number of pyridine rings is 1. The van der Waals surface area contributed by atoms with Crippen LogP contribution in [0.1, 0.15) is 48.3 Å². The fourth-order valence-electron chi connectivity index (χ4n) is 2.59. The van der Waals surface area contributed by atoms with Gasteiger partial charge in [-0.1, -0.05) is 6.92 Å². The van der Waals surface area contributed by atoms with E-state index in [4.69, 9.17) is 0 Å². The average molecular weight is 248 g/mol. The summed E-state index contributed by atoms with van der Waals surface area (Å²) in [6, 6.07) is 1.97. The summed E-state index contributed by atoms with van der Waals surface area (Å²) >= 11 is 0. The highest BCUT2D eigenvalue weighted by Gasteiger charge is 2.27. The second-order valence-corrected chi connectivity index (χ2v) is 5.02. The van der Waals surface area contributed by atoms with Gasteiger partial charge in [-0.3, -0.25) is 9.59 Å². The predicted octanol–water partition coefficient (Wildman–Crippen LogP) is 1.87. The van der Waals surface area contributed by atoms with Crippen LogP contribution in [0, 0.1) is 6.92 Å². The number of nitrogens with one attached hydrogen (secondary N) is 1. The van der Waals surface area contributed by atoms with Crippen molar-refractivity contribution < 1.29 is 4.79 Å². The molecule has 1 atom stereocenters. The lowest BCUT2D eigenvalue weighted by atomic mass is 10.1. The number of hydrogen-bond donors (Lipinski definition) is 1. The summed E-state index contributed by atoms with van der Waals surface area (Å²) in [6.07, 6.45) is 2.82. The summed E-state index contributed by atoms with van der Waals surface area (Å²) in [7, 11) is 0. The molecule has 1 amide bonds. The lowest BCUT2D eigenvalue weighted by Gasteiger charge is -2.21. The van der Waals surface area contributed by atoms with Gasteiger partial charge >= 0.3 is 0 Å². The van der Waals surface area contributed by atoms with Crippen molar-refractivity contribution >= 4 is 5.91 Å². The Morgan fingerprint density at radius 1 is 1.56 bits per heavy atom. The molecule has 18 heavy (non-hydrogen) atoms. The van der Waals surface area contributed by atoms with Crippen LogP contribution >= 0.6 is 0 Å². The minimum absolute atomic E-state index is 0.132. The fraction of sp³-hybridized carbons (Fsp3) is 0.571. The molecule has 1 saturated heterocycles. The fourth-order valence-corrected chi connectivity index (χ4v) is 2.59. The van der Waals surface area contributed by atoms with Crippen molar-refractivity contribution in [1.82, 2.24) is 9.88 Å². The lowest BCUT2D eigenvalue weighted by molar-refractivity contribution is 0.0745. The Balaban J connectivity index is 2.36. The Hall–Kier alpha value is -1.58. The first-order valence-electron chi connectivity index (χ1n) is 6.58. The van der Waals surface area contributed by atoms with Gasteiger partial charge in [0.2, 0.25) is 0 Å². The van der Waals surface area contributed by atoms with E-state index in [1.165, 1.54) is 0 Å². The summed E-state index contributed by atoms with van der Waals surface area (Å²) in [6.45, 7) is 6.71. The number of carbonyl (C=O) groups is 1.